The summed E-state index contributed by atoms with van der Waals surface area (Å²) < 4.78 is 15.5. The normalized spacial score (nSPS) is 10.4. The highest BCUT2D eigenvalue weighted by Crippen LogP contribution is 2.34. The molecular formula is C13H16N2O3. The molecule has 2 N–H and O–H groups in total. The SMILES string of the molecule is CCc1c(-c2ccc(OC)c(OC)c2)noc1N. The molecule has 0 atom stereocenters. The Kier molecular flexibility index (Phi) is 3.41. The van der Waals surface area contributed by atoms with Crippen LogP contribution in [0.2, 0.25) is 0 Å². The molecule has 5 heteroatoms. The molecule has 0 bridgehead atoms. The van der Waals surface area contributed by atoms with Crippen molar-refractivity contribution in [1.29, 1.82) is 0 Å². The van der Waals surface area contributed by atoms with Gasteiger partial charge in [-0.2, -0.15) is 0 Å². The lowest BCUT2D eigenvalue weighted by Gasteiger charge is -2.08. The van der Waals surface area contributed by atoms with Gasteiger partial charge in [0.2, 0.25) is 5.88 Å². The molecule has 0 aliphatic carbocycles. The van der Waals surface area contributed by atoms with Gasteiger partial charge in [0.25, 0.3) is 0 Å². The van der Waals surface area contributed by atoms with E-state index in [1.54, 1.807) is 14.2 Å². The Morgan fingerprint density at radius 3 is 2.56 bits per heavy atom. The summed E-state index contributed by atoms with van der Waals surface area (Å²) in [6, 6.07) is 5.59. The lowest BCUT2D eigenvalue weighted by molar-refractivity contribution is 0.355. The Morgan fingerprint density at radius 1 is 1.22 bits per heavy atom. The molecular weight excluding hydrogens is 232 g/mol. The van der Waals surface area contributed by atoms with Gasteiger partial charge in [0.15, 0.2) is 11.5 Å². The van der Waals surface area contributed by atoms with Crippen molar-refractivity contribution in [3.8, 4) is 22.8 Å². The molecule has 2 rings (SSSR count). The molecule has 0 fully saturated rings. The van der Waals surface area contributed by atoms with Gasteiger partial charge in [-0.3, -0.25) is 0 Å². The number of hydrogen-bond acceptors (Lipinski definition) is 5. The molecule has 5 nitrogen and oxygen atoms in total. The second-order valence-electron chi connectivity index (χ2n) is 3.80. The van der Waals surface area contributed by atoms with Crippen molar-refractivity contribution in [2.24, 2.45) is 0 Å². The van der Waals surface area contributed by atoms with Crippen molar-refractivity contribution < 1.29 is 14.0 Å². The van der Waals surface area contributed by atoms with E-state index in [9.17, 15) is 0 Å². The molecule has 1 heterocycles. The average molecular weight is 248 g/mol. The van der Waals surface area contributed by atoms with Crippen molar-refractivity contribution in [2.45, 2.75) is 13.3 Å². The van der Waals surface area contributed by atoms with Crippen LogP contribution in [0, 0.1) is 0 Å². The van der Waals surface area contributed by atoms with Crippen LogP contribution in [0.25, 0.3) is 11.3 Å². The summed E-state index contributed by atoms with van der Waals surface area (Å²) in [5.74, 6) is 1.69. The number of benzene rings is 1. The van der Waals surface area contributed by atoms with Gasteiger partial charge in [0.05, 0.1) is 14.2 Å². The first-order chi connectivity index (χ1) is 8.71. The second kappa shape index (κ2) is 5.00. The molecule has 0 saturated heterocycles. The number of rotatable bonds is 4. The predicted molar refractivity (Wildman–Crippen MR) is 68.8 cm³/mol. The van der Waals surface area contributed by atoms with Gasteiger partial charge >= 0.3 is 0 Å². The maximum atomic E-state index is 5.73. The summed E-state index contributed by atoms with van der Waals surface area (Å²) in [7, 11) is 3.20. The third-order valence-corrected chi connectivity index (χ3v) is 2.83. The Balaban J connectivity index is 2.50. The van der Waals surface area contributed by atoms with Crippen LogP contribution in [0.5, 0.6) is 11.5 Å². The van der Waals surface area contributed by atoms with Crippen LogP contribution in [0.1, 0.15) is 12.5 Å². The first-order valence-corrected chi connectivity index (χ1v) is 5.67. The minimum atomic E-state index is 0.363. The molecule has 0 aliphatic heterocycles. The Hall–Kier alpha value is -2.17. The maximum Gasteiger partial charge on any atom is 0.225 e. The fourth-order valence-electron chi connectivity index (χ4n) is 1.87. The average Bonchev–Trinajstić information content (AvgIpc) is 2.78. The minimum Gasteiger partial charge on any atom is -0.493 e. The number of nitrogen functional groups attached to an aromatic ring is 1. The Labute approximate surface area is 105 Å². The first kappa shape index (κ1) is 12.3. The van der Waals surface area contributed by atoms with E-state index in [1.807, 2.05) is 25.1 Å². The van der Waals surface area contributed by atoms with Crippen molar-refractivity contribution in [3.63, 3.8) is 0 Å². The summed E-state index contributed by atoms with van der Waals surface area (Å²) in [4.78, 5) is 0. The monoisotopic (exact) mass is 248 g/mol. The molecule has 96 valence electrons. The standard InChI is InChI=1S/C13H16N2O3/c1-4-9-12(15-18-13(9)14)8-5-6-10(16-2)11(7-8)17-3/h5-7H,4,14H2,1-3H3. The van der Waals surface area contributed by atoms with Crippen molar-refractivity contribution in [3.05, 3.63) is 23.8 Å². The number of methoxy groups -OCH3 is 2. The highest BCUT2D eigenvalue weighted by Gasteiger charge is 2.15. The van der Waals surface area contributed by atoms with E-state index in [2.05, 4.69) is 5.16 Å². The van der Waals surface area contributed by atoms with E-state index in [0.29, 0.717) is 17.4 Å². The molecule has 0 radical (unpaired) electrons. The largest absolute Gasteiger partial charge is 0.493 e. The van der Waals surface area contributed by atoms with Crippen LogP contribution < -0.4 is 15.2 Å². The quantitative estimate of drug-likeness (QED) is 0.900. The van der Waals surface area contributed by atoms with E-state index in [-0.39, 0.29) is 0 Å². The van der Waals surface area contributed by atoms with Gasteiger partial charge in [0.1, 0.15) is 5.69 Å². The van der Waals surface area contributed by atoms with Crippen molar-refractivity contribution in [2.75, 3.05) is 20.0 Å². The van der Waals surface area contributed by atoms with Crippen molar-refractivity contribution in [1.82, 2.24) is 5.16 Å². The Morgan fingerprint density at radius 2 is 1.94 bits per heavy atom. The summed E-state index contributed by atoms with van der Waals surface area (Å²) >= 11 is 0. The molecule has 1 aromatic carbocycles. The number of ether oxygens (including phenoxy) is 2. The first-order valence-electron chi connectivity index (χ1n) is 5.67. The van der Waals surface area contributed by atoms with E-state index in [0.717, 1.165) is 23.2 Å². The smallest absolute Gasteiger partial charge is 0.225 e. The van der Waals surface area contributed by atoms with E-state index in [4.69, 9.17) is 19.7 Å². The summed E-state index contributed by atoms with van der Waals surface area (Å²) in [6.45, 7) is 2.01. The Bertz CT molecular complexity index is 549. The second-order valence-corrected chi connectivity index (χ2v) is 3.80. The fraction of sp³-hybridized carbons (Fsp3) is 0.308. The zero-order valence-electron chi connectivity index (χ0n) is 10.7. The highest BCUT2D eigenvalue weighted by molar-refractivity contribution is 5.69. The number of aromatic nitrogens is 1. The molecule has 0 aliphatic rings. The summed E-state index contributed by atoms with van der Waals surface area (Å²) in [6.07, 6.45) is 0.763. The molecule has 2 aromatic rings. The molecule has 0 amide bonds. The predicted octanol–water partition coefficient (Wildman–Crippen LogP) is 2.50. The van der Waals surface area contributed by atoms with Gasteiger partial charge in [0, 0.05) is 11.1 Å². The van der Waals surface area contributed by atoms with E-state index in [1.165, 1.54) is 0 Å². The molecule has 0 unspecified atom stereocenters. The third kappa shape index (κ3) is 1.99. The summed E-state index contributed by atoms with van der Waals surface area (Å²) in [5.41, 5.74) is 8.28. The van der Waals surface area contributed by atoms with Crippen LogP contribution in [0.4, 0.5) is 5.88 Å². The van der Waals surface area contributed by atoms with E-state index < -0.39 is 0 Å². The topological polar surface area (TPSA) is 70.5 Å². The third-order valence-electron chi connectivity index (χ3n) is 2.83. The lowest BCUT2D eigenvalue weighted by atomic mass is 10.1. The molecule has 18 heavy (non-hydrogen) atoms. The van der Waals surface area contributed by atoms with Gasteiger partial charge < -0.3 is 19.7 Å². The van der Waals surface area contributed by atoms with Gasteiger partial charge in [-0.25, -0.2) is 0 Å². The molecule has 1 aromatic heterocycles. The van der Waals surface area contributed by atoms with Crippen LogP contribution in [-0.4, -0.2) is 19.4 Å². The van der Waals surface area contributed by atoms with Gasteiger partial charge in [-0.15, -0.1) is 0 Å². The van der Waals surface area contributed by atoms with Gasteiger partial charge in [-0.05, 0) is 24.6 Å². The molecule has 0 spiro atoms. The lowest BCUT2D eigenvalue weighted by Crippen LogP contribution is -1.93. The number of anilines is 1. The van der Waals surface area contributed by atoms with Crippen LogP contribution >= 0.6 is 0 Å². The number of hydrogen-bond donors (Lipinski definition) is 1. The minimum absolute atomic E-state index is 0.363. The zero-order chi connectivity index (χ0) is 13.1. The maximum absolute atomic E-state index is 5.73. The number of nitrogens with zero attached hydrogens (tertiary/aromatic N) is 1. The number of nitrogens with two attached hydrogens (primary N) is 1. The van der Waals surface area contributed by atoms with Gasteiger partial charge in [-0.1, -0.05) is 12.1 Å². The van der Waals surface area contributed by atoms with Crippen LogP contribution in [0.3, 0.4) is 0 Å². The van der Waals surface area contributed by atoms with Crippen LogP contribution in [-0.2, 0) is 6.42 Å². The highest BCUT2D eigenvalue weighted by atomic mass is 16.5. The fourth-order valence-corrected chi connectivity index (χ4v) is 1.87. The van der Waals surface area contributed by atoms with Crippen molar-refractivity contribution >= 4 is 5.88 Å². The zero-order valence-corrected chi connectivity index (χ0v) is 10.7. The van der Waals surface area contributed by atoms with Crippen LogP contribution in [0.15, 0.2) is 22.7 Å². The molecule has 0 saturated carbocycles. The van der Waals surface area contributed by atoms with E-state index >= 15 is 0 Å². The summed E-state index contributed by atoms with van der Waals surface area (Å²) in [5, 5.41) is 3.99.